The van der Waals surface area contributed by atoms with E-state index in [1.165, 1.54) is 6.07 Å². The van der Waals surface area contributed by atoms with Crippen molar-refractivity contribution < 1.29 is 17.9 Å². The van der Waals surface area contributed by atoms with Gasteiger partial charge in [-0.1, -0.05) is 22.0 Å². The summed E-state index contributed by atoms with van der Waals surface area (Å²) in [6.45, 7) is 2.25. The lowest BCUT2D eigenvalue weighted by molar-refractivity contribution is -0.138. The third kappa shape index (κ3) is 4.36. The Labute approximate surface area is 131 Å². The van der Waals surface area contributed by atoms with Crippen LogP contribution in [0.4, 0.5) is 18.9 Å². The number of ether oxygens (including phenoxy) is 1. The molecule has 1 aromatic carbocycles. The van der Waals surface area contributed by atoms with Gasteiger partial charge in [0.05, 0.1) is 5.56 Å². The molecule has 1 fully saturated rings. The Bertz CT molecular complexity index is 472. The van der Waals surface area contributed by atoms with Gasteiger partial charge in [0.1, 0.15) is 0 Å². The first-order valence-corrected chi connectivity index (χ1v) is 8.09. The van der Waals surface area contributed by atoms with Gasteiger partial charge in [-0.05, 0) is 36.5 Å². The fourth-order valence-electron chi connectivity index (χ4n) is 2.60. The van der Waals surface area contributed by atoms with Gasteiger partial charge in [-0.2, -0.15) is 13.2 Å². The molecule has 1 aliphatic heterocycles. The standard InChI is InChI=1S/C15H19BrF3NO/c1-20(10-11-4-6-21-7-5-11)13-3-2-12(9-16)14(8-13)15(17,18)19/h2-3,8,11H,4-7,9-10H2,1H3. The maximum atomic E-state index is 13.1. The summed E-state index contributed by atoms with van der Waals surface area (Å²) in [6, 6.07) is 4.55. The number of alkyl halides is 4. The highest BCUT2D eigenvalue weighted by molar-refractivity contribution is 9.08. The lowest BCUT2D eigenvalue weighted by Crippen LogP contribution is -2.29. The summed E-state index contributed by atoms with van der Waals surface area (Å²) in [5.74, 6) is 0.480. The summed E-state index contributed by atoms with van der Waals surface area (Å²) in [6.07, 6.45) is -2.38. The van der Waals surface area contributed by atoms with Gasteiger partial charge in [0.15, 0.2) is 0 Å². The molecule has 0 bridgehead atoms. The molecule has 0 aliphatic carbocycles. The Morgan fingerprint density at radius 2 is 1.95 bits per heavy atom. The van der Waals surface area contributed by atoms with E-state index in [2.05, 4.69) is 15.9 Å². The third-order valence-corrected chi connectivity index (χ3v) is 4.46. The van der Waals surface area contributed by atoms with Gasteiger partial charge in [-0.15, -0.1) is 0 Å². The van der Waals surface area contributed by atoms with Gasteiger partial charge in [0.25, 0.3) is 0 Å². The number of rotatable bonds is 4. The van der Waals surface area contributed by atoms with Gasteiger partial charge in [0.2, 0.25) is 0 Å². The zero-order valence-corrected chi connectivity index (χ0v) is 13.5. The van der Waals surface area contributed by atoms with E-state index < -0.39 is 11.7 Å². The lowest BCUT2D eigenvalue weighted by atomic mass is 9.99. The molecule has 118 valence electrons. The lowest BCUT2D eigenvalue weighted by Gasteiger charge is -2.29. The summed E-state index contributed by atoms with van der Waals surface area (Å²) < 4.78 is 44.6. The van der Waals surface area contributed by atoms with Gasteiger partial charge in [-0.3, -0.25) is 0 Å². The van der Waals surface area contributed by atoms with E-state index in [0.717, 1.165) is 32.6 Å². The molecule has 2 nitrogen and oxygen atoms in total. The topological polar surface area (TPSA) is 12.5 Å². The number of hydrogen-bond acceptors (Lipinski definition) is 2. The van der Waals surface area contributed by atoms with Crippen LogP contribution in [0.15, 0.2) is 18.2 Å². The van der Waals surface area contributed by atoms with E-state index in [1.807, 2.05) is 11.9 Å². The number of anilines is 1. The molecule has 0 saturated carbocycles. The fraction of sp³-hybridized carbons (Fsp3) is 0.600. The van der Waals surface area contributed by atoms with Gasteiger partial charge >= 0.3 is 6.18 Å². The Kier molecular flexibility index (Phi) is 5.54. The van der Waals surface area contributed by atoms with Crippen molar-refractivity contribution >= 4 is 21.6 Å². The minimum atomic E-state index is -4.32. The van der Waals surface area contributed by atoms with Crippen LogP contribution in [0.2, 0.25) is 0 Å². The monoisotopic (exact) mass is 365 g/mol. The fourth-order valence-corrected chi connectivity index (χ4v) is 3.09. The van der Waals surface area contributed by atoms with Crippen molar-refractivity contribution in [1.82, 2.24) is 0 Å². The quantitative estimate of drug-likeness (QED) is 0.730. The zero-order valence-electron chi connectivity index (χ0n) is 11.9. The molecule has 0 aromatic heterocycles. The molecule has 1 saturated heterocycles. The minimum absolute atomic E-state index is 0.200. The summed E-state index contributed by atoms with van der Waals surface area (Å²) in [7, 11) is 1.85. The first-order chi connectivity index (χ1) is 9.91. The van der Waals surface area contributed by atoms with Crippen LogP contribution in [-0.4, -0.2) is 26.8 Å². The summed E-state index contributed by atoms with van der Waals surface area (Å²) in [5.41, 5.74) is 0.319. The largest absolute Gasteiger partial charge is 0.416 e. The van der Waals surface area contributed by atoms with Crippen molar-refractivity contribution in [1.29, 1.82) is 0 Å². The molecule has 0 radical (unpaired) electrons. The average molecular weight is 366 g/mol. The van der Waals surface area contributed by atoms with Gasteiger partial charge in [0, 0.05) is 37.8 Å². The molecular weight excluding hydrogens is 347 g/mol. The van der Waals surface area contributed by atoms with E-state index >= 15 is 0 Å². The molecule has 0 unspecified atom stereocenters. The van der Waals surface area contributed by atoms with E-state index in [9.17, 15) is 13.2 Å². The highest BCUT2D eigenvalue weighted by Crippen LogP contribution is 2.35. The number of halogens is 4. The van der Waals surface area contributed by atoms with Crippen molar-refractivity contribution in [3.05, 3.63) is 29.3 Å². The molecule has 21 heavy (non-hydrogen) atoms. The summed E-state index contributed by atoms with van der Waals surface area (Å²) in [4.78, 5) is 1.91. The van der Waals surface area contributed by atoms with Crippen molar-refractivity contribution in [2.75, 3.05) is 31.7 Å². The highest BCUT2D eigenvalue weighted by Gasteiger charge is 2.33. The molecule has 0 atom stereocenters. The van der Waals surface area contributed by atoms with Crippen molar-refractivity contribution in [3.8, 4) is 0 Å². The number of benzene rings is 1. The highest BCUT2D eigenvalue weighted by atomic mass is 79.9. The SMILES string of the molecule is CN(CC1CCOCC1)c1ccc(CBr)c(C(F)(F)F)c1. The second-order valence-corrected chi connectivity index (χ2v) is 5.97. The maximum Gasteiger partial charge on any atom is 0.416 e. The van der Waals surface area contributed by atoms with Crippen molar-refractivity contribution in [3.63, 3.8) is 0 Å². The molecule has 2 rings (SSSR count). The van der Waals surface area contributed by atoms with E-state index in [-0.39, 0.29) is 10.9 Å². The minimum Gasteiger partial charge on any atom is -0.381 e. The van der Waals surface area contributed by atoms with Crippen LogP contribution in [0.5, 0.6) is 0 Å². The first kappa shape index (κ1) is 16.6. The summed E-state index contributed by atoms with van der Waals surface area (Å²) >= 11 is 3.11. The normalized spacial score (nSPS) is 17.0. The molecule has 0 spiro atoms. The van der Waals surface area contributed by atoms with Gasteiger partial charge in [-0.25, -0.2) is 0 Å². The Hall–Kier alpha value is -0.750. The predicted octanol–water partition coefficient (Wildman–Crippen LogP) is 4.46. The van der Waals surface area contributed by atoms with E-state index in [1.54, 1.807) is 12.1 Å². The molecule has 1 heterocycles. The van der Waals surface area contributed by atoms with Crippen LogP contribution in [0.3, 0.4) is 0 Å². The molecule has 0 N–H and O–H groups in total. The summed E-state index contributed by atoms with van der Waals surface area (Å²) in [5, 5.41) is 0.200. The third-order valence-electron chi connectivity index (χ3n) is 3.86. The molecule has 1 aromatic rings. The van der Waals surface area contributed by atoms with Crippen molar-refractivity contribution in [2.45, 2.75) is 24.3 Å². The molecular formula is C15H19BrF3NO. The maximum absolute atomic E-state index is 13.1. The molecule has 1 aliphatic rings. The van der Waals surface area contributed by atoms with Gasteiger partial charge < -0.3 is 9.64 Å². The number of hydrogen-bond donors (Lipinski definition) is 0. The smallest absolute Gasteiger partial charge is 0.381 e. The van der Waals surface area contributed by atoms with Crippen LogP contribution in [0.25, 0.3) is 0 Å². The van der Waals surface area contributed by atoms with Crippen molar-refractivity contribution in [2.24, 2.45) is 5.92 Å². The van der Waals surface area contributed by atoms with E-state index in [4.69, 9.17) is 4.74 Å². The van der Waals surface area contributed by atoms with Crippen LogP contribution in [0, 0.1) is 5.92 Å². The van der Waals surface area contributed by atoms with Crippen LogP contribution in [0.1, 0.15) is 24.0 Å². The Morgan fingerprint density at radius 3 is 2.52 bits per heavy atom. The van der Waals surface area contributed by atoms with Crippen LogP contribution < -0.4 is 4.90 Å². The Balaban J connectivity index is 2.15. The molecule has 6 heteroatoms. The second-order valence-electron chi connectivity index (χ2n) is 5.41. The zero-order chi connectivity index (χ0) is 15.5. The van der Waals surface area contributed by atoms with Crippen LogP contribution >= 0.6 is 15.9 Å². The predicted molar refractivity (Wildman–Crippen MR) is 80.9 cm³/mol. The second kappa shape index (κ2) is 7.01. The van der Waals surface area contributed by atoms with E-state index in [0.29, 0.717) is 11.6 Å². The Morgan fingerprint density at radius 1 is 1.29 bits per heavy atom. The van der Waals surface area contributed by atoms with Crippen LogP contribution in [-0.2, 0) is 16.2 Å². The number of nitrogens with zero attached hydrogens (tertiary/aromatic N) is 1. The molecule has 0 amide bonds. The average Bonchev–Trinajstić information content (AvgIpc) is 2.46. The first-order valence-electron chi connectivity index (χ1n) is 6.96.